The van der Waals surface area contributed by atoms with Crippen LogP contribution in [-0.4, -0.2) is 62.6 Å². The summed E-state index contributed by atoms with van der Waals surface area (Å²) in [7, 11) is 0. The van der Waals surface area contributed by atoms with Crippen LogP contribution in [0.1, 0.15) is 95.8 Å². The number of rotatable bonds is 5. The van der Waals surface area contributed by atoms with Gasteiger partial charge >= 0.3 is 0 Å². The molecule has 1 aliphatic rings. The van der Waals surface area contributed by atoms with Crippen LogP contribution >= 0.6 is 22.7 Å². The van der Waals surface area contributed by atoms with Gasteiger partial charge in [0, 0.05) is 30.8 Å². The van der Waals surface area contributed by atoms with E-state index in [1.54, 1.807) is 19.2 Å². The van der Waals surface area contributed by atoms with Crippen LogP contribution in [0, 0.1) is 18.8 Å². The van der Waals surface area contributed by atoms with Crippen molar-refractivity contribution in [1.29, 1.82) is 0 Å². The van der Waals surface area contributed by atoms with Gasteiger partial charge in [-0.05, 0) is 37.8 Å². The summed E-state index contributed by atoms with van der Waals surface area (Å²) in [4.78, 5) is 68.8. The average molecular weight is 666 g/mol. The third-order valence-corrected chi connectivity index (χ3v) is 9.73. The van der Waals surface area contributed by atoms with Gasteiger partial charge in [0.1, 0.15) is 22.5 Å². The van der Waals surface area contributed by atoms with Crippen LogP contribution in [0.5, 0.6) is 0 Å². The van der Waals surface area contributed by atoms with Crippen LogP contribution < -0.4 is 16.0 Å². The summed E-state index contributed by atoms with van der Waals surface area (Å²) < 4.78 is 6.93. The van der Waals surface area contributed by atoms with Gasteiger partial charge in [-0.1, -0.05) is 39.8 Å². The number of amides is 4. The summed E-state index contributed by atoms with van der Waals surface area (Å²) in [6, 6.07) is 6.20. The van der Waals surface area contributed by atoms with Crippen LogP contribution in [0.15, 0.2) is 34.1 Å². The highest BCUT2D eigenvalue weighted by molar-refractivity contribution is 7.18. The molecular formula is C32H39N7O5S2. The van der Waals surface area contributed by atoms with Gasteiger partial charge in [0.25, 0.3) is 11.8 Å². The molecule has 4 aromatic rings. The van der Waals surface area contributed by atoms with Gasteiger partial charge in [-0.15, -0.1) is 22.7 Å². The van der Waals surface area contributed by atoms with E-state index in [9.17, 15) is 19.2 Å². The highest BCUT2D eigenvalue weighted by Crippen LogP contribution is 2.28. The van der Waals surface area contributed by atoms with E-state index in [1.807, 2.05) is 52.0 Å². The highest BCUT2D eigenvalue weighted by atomic mass is 32.1. The smallest absolute Gasteiger partial charge is 0.273 e. The van der Waals surface area contributed by atoms with Crippen molar-refractivity contribution < 1.29 is 23.6 Å². The van der Waals surface area contributed by atoms with E-state index in [4.69, 9.17) is 4.42 Å². The Labute approximate surface area is 275 Å². The van der Waals surface area contributed by atoms with Gasteiger partial charge in [-0.25, -0.2) is 15.0 Å². The fourth-order valence-electron chi connectivity index (χ4n) is 5.25. The number of aromatic nitrogens is 3. The van der Waals surface area contributed by atoms with Crippen molar-refractivity contribution in [3.8, 4) is 0 Å². The molecule has 0 aliphatic carbocycles. The van der Waals surface area contributed by atoms with Gasteiger partial charge < -0.3 is 25.3 Å². The Balaban J connectivity index is 1.43. The Bertz CT molecular complexity index is 1710. The Morgan fingerprint density at radius 2 is 1.74 bits per heavy atom. The van der Waals surface area contributed by atoms with E-state index in [0.29, 0.717) is 17.2 Å². The lowest BCUT2D eigenvalue weighted by atomic mass is 10.0. The summed E-state index contributed by atoms with van der Waals surface area (Å²) >= 11 is 2.82. The number of hydrogen-bond donors (Lipinski definition) is 3. The Hall–Kier alpha value is -4.17. The maximum Gasteiger partial charge on any atom is 0.273 e. The first-order chi connectivity index (χ1) is 21.9. The second kappa shape index (κ2) is 14.1. The Morgan fingerprint density at radius 3 is 2.46 bits per heavy atom. The number of benzene rings is 1. The first kappa shape index (κ1) is 33.2. The molecule has 0 spiro atoms. The maximum atomic E-state index is 13.6. The number of fused-ring (bicyclic) bond motifs is 5. The number of hydrogen-bond acceptors (Lipinski definition) is 10. The third kappa shape index (κ3) is 7.61. The number of carbonyl (C=O) groups excluding carboxylic acids is 4. The first-order valence-electron chi connectivity index (χ1n) is 15.4. The molecule has 0 unspecified atom stereocenters. The summed E-state index contributed by atoms with van der Waals surface area (Å²) in [6.07, 6.45) is 0.572. The normalized spacial score (nSPS) is 20.0. The number of nitrogens with zero attached hydrogens (tertiary/aromatic N) is 4. The van der Waals surface area contributed by atoms with Gasteiger partial charge in [-0.2, -0.15) is 0 Å². The predicted octanol–water partition coefficient (Wildman–Crippen LogP) is 4.58. The molecule has 12 nitrogen and oxygen atoms in total. The topological polar surface area (TPSA) is 159 Å². The molecule has 3 aromatic heterocycles. The molecule has 1 aromatic carbocycles. The number of para-hydroxylation sites is 1. The molecule has 1 aliphatic heterocycles. The summed E-state index contributed by atoms with van der Waals surface area (Å²) in [5.74, 6) is -1.14. The SMILES string of the molecule is Cc1oc2nc1C(=O)N[C@H](C)CN(C(=O)CCc1nc3ccccc3s1)CC(=O)N[C@@H](C(C)C)c1nc(cs1)C(=O)N[C@@H]2C(C)C. The zero-order chi connectivity index (χ0) is 33.1. The minimum Gasteiger partial charge on any atom is -0.443 e. The summed E-state index contributed by atoms with van der Waals surface area (Å²) in [5.41, 5.74) is 1.18. The molecule has 4 amide bonds. The lowest BCUT2D eigenvalue weighted by Crippen LogP contribution is -2.48. The van der Waals surface area contributed by atoms with E-state index in [-0.39, 0.29) is 60.4 Å². The van der Waals surface area contributed by atoms with Crippen molar-refractivity contribution >= 4 is 56.5 Å². The molecule has 3 N–H and O–H groups in total. The zero-order valence-electron chi connectivity index (χ0n) is 26.7. The van der Waals surface area contributed by atoms with Crippen LogP contribution in [0.2, 0.25) is 0 Å². The molecular weight excluding hydrogens is 627 g/mol. The third-order valence-electron chi connectivity index (χ3n) is 7.70. The minimum absolute atomic E-state index is 0.0462. The lowest BCUT2D eigenvalue weighted by Gasteiger charge is -2.27. The monoisotopic (exact) mass is 665 g/mol. The largest absolute Gasteiger partial charge is 0.443 e. The molecule has 244 valence electrons. The molecule has 0 radical (unpaired) electrons. The molecule has 4 bridgehead atoms. The quantitative estimate of drug-likeness (QED) is 0.279. The van der Waals surface area contributed by atoms with Gasteiger partial charge in [0.2, 0.25) is 17.7 Å². The van der Waals surface area contributed by atoms with Gasteiger partial charge in [0.15, 0.2) is 5.69 Å². The molecule has 3 atom stereocenters. The predicted molar refractivity (Wildman–Crippen MR) is 176 cm³/mol. The summed E-state index contributed by atoms with van der Waals surface area (Å²) in [6.45, 7) is 11.0. The molecule has 0 fully saturated rings. The van der Waals surface area contributed by atoms with Crippen molar-refractivity contribution in [3.63, 3.8) is 0 Å². The van der Waals surface area contributed by atoms with E-state index < -0.39 is 29.9 Å². The van der Waals surface area contributed by atoms with E-state index in [2.05, 4.69) is 30.9 Å². The van der Waals surface area contributed by atoms with Crippen molar-refractivity contribution in [1.82, 2.24) is 35.8 Å². The number of nitrogens with one attached hydrogen (secondary N) is 3. The number of carbonyl (C=O) groups is 4. The van der Waals surface area contributed by atoms with E-state index in [1.165, 1.54) is 27.6 Å². The fraction of sp³-hybridized carbons (Fsp3) is 0.469. The molecule has 4 heterocycles. The summed E-state index contributed by atoms with van der Waals surface area (Å²) in [5, 5.41) is 11.9. The number of aryl methyl sites for hydroxylation is 2. The Kier molecular flexibility index (Phi) is 10.2. The van der Waals surface area contributed by atoms with Crippen LogP contribution in [0.4, 0.5) is 0 Å². The zero-order valence-corrected chi connectivity index (χ0v) is 28.4. The van der Waals surface area contributed by atoms with Crippen LogP contribution in [-0.2, 0) is 16.0 Å². The first-order valence-corrected chi connectivity index (χ1v) is 17.0. The molecule has 14 heteroatoms. The maximum absolute atomic E-state index is 13.6. The molecule has 0 saturated carbocycles. The fourth-order valence-corrected chi connectivity index (χ4v) is 7.24. The van der Waals surface area contributed by atoms with Crippen molar-refractivity contribution in [2.24, 2.45) is 11.8 Å². The number of oxazole rings is 1. The van der Waals surface area contributed by atoms with E-state index >= 15 is 0 Å². The van der Waals surface area contributed by atoms with Crippen LogP contribution in [0.25, 0.3) is 10.2 Å². The second-order valence-corrected chi connectivity index (χ2v) is 14.2. The Morgan fingerprint density at radius 1 is 1.00 bits per heavy atom. The standard InChI is InChI=1S/C32H39N7O5S2/c1-16(2)26-31-38-28(19(6)44-31)30(43)33-18(5)13-39(25(41)12-11-24-34-20-9-7-8-10-22(20)46-24)14-23(40)36-27(17(3)4)32-35-21(15-45-32)29(42)37-26/h7-10,15-18,26-27H,11-14H2,1-6H3,(H,33,43)(H,36,40)(H,37,42)/t18-,26-,27+/m1/s1. The molecule has 0 saturated heterocycles. The average Bonchev–Trinajstić information content (AvgIpc) is 3.74. The molecule has 5 rings (SSSR count). The highest BCUT2D eigenvalue weighted by Gasteiger charge is 2.31. The van der Waals surface area contributed by atoms with E-state index in [0.717, 1.165) is 15.2 Å². The van der Waals surface area contributed by atoms with Crippen LogP contribution in [0.3, 0.4) is 0 Å². The van der Waals surface area contributed by atoms with Gasteiger partial charge in [-0.3, -0.25) is 19.2 Å². The van der Waals surface area contributed by atoms with Crippen molar-refractivity contribution in [2.75, 3.05) is 13.1 Å². The number of thiazole rings is 2. The van der Waals surface area contributed by atoms with Crippen molar-refractivity contribution in [2.45, 2.75) is 72.5 Å². The lowest BCUT2D eigenvalue weighted by molar-refractivity contribution is -0.136. The van der Waals surface area contributed by atoms with Crippen molar-refractivity contribution in [3.05, 3.63) is 62.7 Å². The second-order valence-electron chi connectivity index (χ2n) is 12.2. The molecule has 46 heavy (non-hydrogen) atoms. The minimum atomic E-state index is -0.613. The van der Waals surface area contributed by atoms with Gasteiger partial charge in [0.05, 0.1) is 27.8 Å².